The third kappa shape index (κ3) is 4.36. The van der Waals surface area contributed by atoms with E-state index in [-0.39, 0.29) is 5.56 Å². The van der Waals surface area contributed by atoms with Gasteiger partial charge in [-0.3, -0.25) is 4.79 Å². The number of nitrogens with zero attached hydrogens (tertiary/aromatic N) is 1. The lowest BCUT2D eigenvalue weighted by Crippen LogP contribution is -2.32. The molecule has 1 aromatic carbocycles. The number of hydrogen-bond acceptors (Lipinski definition) is 3. The summed E-state index contributed by atoms with van der Waals surface area (Å²) in [5.74, 6) is 1.43. The average molecular weight is 324 g/mol. The van der Waals surface area contributed by atoms with Gasteiger partial charge in [0.15, 0.2) is 0 Å². The normalized spacial score (nSPS) is 15.7. The molecule has 4 nitrogen and oxygen atoms in total. The third-order valence-corrected chi connectivity index (χ3v) is 4.50. The molecule has 0 spiro atoms. The Balaban J connectivity index is 1.69. The van der Waals surface area contributed by atoms with Crippen molar-refractivity contribution in [3.8, 4) is 5.75 Å². The van der Waals surface area contributed by atoms with Crippen molar-refractivity contribution in [1.82, 2.24) is 9.88 Å². The molecule has 0 bridgehead atoms. The Morgan fingerprint density at radius 3 is 2.62 bits per heavy atom. The fraction of sp³-hybridized carbons (Fsp3) is 0.350. The second kappa shape index (κ2) is 7.97. The van der Waals surface area contributed by atoms with Crippen LogP contribution in [0.1, 0.15) is 24.0 Å². The molecular weight excluding hydrogens is 300 g/mol. The van der Waals surface area contributed by atoms with E-state index in [9.17, 15) is 4.79 Å². The summed E-state index contributed by atoms with van der Waals surface area (Å²) in [6, 6.07) is 11.6. The van der Waals surface area contributed by atoms with Crippen LogP contribution in [0, 0.1) is 5.92 Å². The summed E-state index contributed by atoms with van der Waals surface area (Å²) in [7, 11) is 1.66. The number of aromatic nitrogens is 1. The summed E-state index contributed by atoms with van der Waals surface area (Å²) in [6.45, 7) is 2.93. The van der Waals surface area contributed by atoms with Crippen LogP contribution in [0.4, 0.5) is 0 Å². The average Bonchev–Trinajstić information content (AvgIpc) is 2.63. The lowest BCUT2D eigenvalue weighted by atomic mass is 9.98. The fourth-order valence-electron chi connectivity index (χ4n) is 3.06. The zero-order valence-corrected chi connectivity index (χ0v) is 14.1. The highest BCUT2D eigenvalue weighted by atomic mass is 16.5. The highest BCUT2D eigenvalue weighted by Crippen LogP contribution is 2.16. The van der Waals surface area contributed by atoms with Gasteiger partial charge in [0.2, 0.25) is 0 Å². The highest BCUT2D eigenvalue weighted by molar-refractivity contribution is 5.69. The predicted octanol–water partition coefficient (Wildman–Crippen LogP) is 3.03. The molecule has 1 N–H and O–H groups in total. The molecule has 0 unspecified atom stereocenters. The van der Waals surface area contributed by atoms with Gasteiger partial charge < -0.3 is 14.6 Å². The van der Waals surface area contributed by atoms with Gasteiger partial charge in [0.05, 0.1) is 7.11 Å². The summed E-state index contributed by atoms with van der Waals surface area (Å²) in [5.41, 5.74) is 2.04. The molecular formula is C20H24N2O2. The molecule has 2 heterocycles. The maximum atomic E-state index is 12.3. The van der Waals surface area contributed by atoms with Gasteiger partial charge in [-0.05, 0) is 61.2 Å². The molecule has 0 aliphatic carbocycles. The number of hydrogen-bond donors (Lipinski definition) is 1. The van der Waals surface area contributed by atoms with E-state index in [4.69, 9.17) is 4.74 Å². The molecule has 1 aliphatic rings. The largest absolute Gasteiger partial charge is 0.497 e. The number of ether oxygens (including phenoxy) is 1. The van der Waals surface area contributed by atoms with E-state index in [0.29, 0.717) is 5.92 Å². The second-order valence-corrected chi connectivity index (χ2v) is 6.25. The van der Waals surface area contributed by atoms with Gasteiger partial charge in [0.1, 0.15) is 5.75 Å². The van der Waals surface area contributed by atoms with Crippen molar-refractivity contribution in [3.63, 3.8) is 0 Å². The minimum atomic E-state index is 0.0707. The molecule has 0 saturated carbocycles. The molecule has 2 aromatic rings. The SMILES string of the molecule is COc1cccc(/C=C/c2ccn(CC3CCNCC3)c(=O)c2)c1. The van der Waals surface area contributed by atoms with E-state index in [2.05, 4.69) is 5.32 Å². The van der Waals surface area contributed by atoms with Gasteiger partial charge in [-0.25, -0.2) is 0 Å². The van der Waals surface area contributed by atoms with Gasteiger partial charge in [0, 0.05) is 18.8 Å². The molecule has 3 rings (SSSR count). The lowest BCUT2D eigenvalue weighted by Gasteiger charge is -2.23. The van der Waals surface area contributed by atoms with Crippen LogP contribution in [-0.2, 0) is 6.54 Å². The Labute approximate surface area is 142 Å². The molecule has 1 saturated heterocycles. The molecule has 1 aromatic heterocycles. The lowest BCUT2D eigenvalue weighted by molar-refractivity contribution is 0.330. The molecule has 4 heteroatoms. The van der Waals surface area contributed by atoms with E-state index in [0.717, 1.165) is 49.4 Å². The van der Waals surface area contributed by atoms with Gasteiger partial charge in [0.25, 0.3) is 5.56 Å². The molecule has 0 amide bonds. The number of methoxy groups -OCH3 is 1. The zero-order valence-electron chi connectivity index (χ0n) is 14.1. The summed E-state index contributed by atoms with van der Waals surface area (Å²) in [4.78, 5) is 12.3. The Hall–Kier alpha value is -2.33. The molecule has 0 radical (unpaired) electrons. The van der Waals surface area contributed by atoms with Gasteiger partial charge >= 0.3 is 0 Å². The summed E-state index contributed by atoms with van der Waals surface area (Å²) in [5, 5.41) is 3.36. The van der Waals surface area contributed by atoms with Crippen LogP contribution in [0.2, 0.25) is 0 Å². The van der Waals surface area contributed by atoms with Crippen molar-refractivity contribution in [3.05, 3.63) is 64.1 Å². The summed E-state index contributed by atoms with van der Waals surface area (Å²) in [6.07, 6.45) is 8.16. The van der Waals surface area contributed by atoms with Crippen LogP contribution in [0.3, 0.4) is 0 Å². The van der Waals surface area contributed by atoms with E-state index < -0.39 is 0 Å². The topological polar surface area (TPSA) is 43.3 Å². The van der Waals surface area contributed by atoms with Crippen LogP contribution in [-0.4, -0.2) is 24.8 Å². The van der Waals surface area contributed by atoms with Gasteiger partial charge in [-0.15, -0.1) is 0 Å². The van der Waals surface area contributed by atoms with Crippen LogP contribution in [0.5, 0.6) is 5.75 Å². The standard InChI is InChI=1S/C20H24N2O2/c1-24-19-4-2-3-16(13-19)5-6-17-9-12-22(20(23)14-17)15-18-7-10-21-11-8-18/h2-6,9,12-14,18,21H,7-8,10-11,15H2,1H3/b6-5+. The molecule has 1 aliphatic heterocycles. The van der Waals surface area contributed by atoms with Crippen molar-refractivity contribution >= 4 is 12.2 Å². The fourth-order valence-corrected chi connectivity index (χ4v) is 3.06. The Kier molecular flexibility index (Phi) is 5.49. The van der Waals surface area contributed by atoms with Gasteiger partial charge in [-0.2, -0.15) is 0 Å². The summed E-state index contributed by atoms with van der Waals surface area (Å²) < 4.78 is 7.05. The first-order valence-corrected chi connectivity index (χ1v) is 8.48. The second-order valence-electron chi connectivity index (χ2n) is 6.25. The maximum absolute atomic E-state index is 12.3. The minimum absolute atomic E-state index is 0.0707. The maximum Gasteiger partial charge on any atom is 0.251 e. The molecule has 24 heavy (non-hydrogen) atoms. The van der Waals surface area contributed by atoms with E-state index in [1.165, 1.54) is 0 Å². The zero-order chi connectivity index (χ0) is 16.8. The molecule has 0 atom stereocenters. The number of piperidine rings is 1. The number of nitrogens with one attached hydrogen (secondary N) is 1. The Morgan fingerprint density at radius 2 is 1.92 bits per heavy atom. The smallest absolute Gasteiger partial charge is 0.251 e. The van der Waals surface area contributed by atoms with Crippen LogP contribution in [0.25, 0.3) is 12.2 Å². The van der Waals surface area contributed by atoms with Crippen LogP contribution >= 0.6 is 0 Å². The number of rotatable bonds is 5. The first-order valence-electron chi connectivity index (χ1n) is 8.48. The van der Waals surface area contributed by atoms with Crippen molar-refractivity contribution < 1.29 is 4.74 Å². The molecule has 1 fully saturated rings. The molecule has 126 valence electrons. The Bertz CT molecular complexity index is 758. The van der Waals surface area contributed by atoms with Gasteiger partial charge in [-0.1, -0.05) is 24.3 Å². The van der Waals surface area contributed by atoms with E-state index >= 15 is 0 Å². The van der Waals surface area contributed by atoms with Crippen molar-refractivity contribution in [2.45, 2.75) is 19.4 Å². The third-order valence-electron chi connectivity index (χ3n) is 4.50. The Morgan fingerprint density at radius 1 is 1.17 bits per heavy atom. The number of benzene rings is 1. The van der Waals surface area contributed by atoms with Crippen LogP contribution in [0.15, 0.2) is 47.4 Å². The summed E-state index contributed by atoms with van der Waals surface area (Å²) >= 11 is 0. The highest BCUT2D eigenvalue weighted by Gasteiger charge is 2.13. The van der Waals surface area contributed by atoms with Crippen molar-refractivity contribution in [1.29, 1.82) is 0 Å². The van der Waals surface area contributed by atoms with Crippen molar-refractivity contribution in [2.75, 3.05) is 20.2 Å². The number of pyridine rings is 1. The monoisotopic (exact) mass is 324 g/mol. The first-order chi connectivity index (χ1) is 11.7. The van der Waals surface area contributed by atoms with Crippen molar-refractivity contribution in [2.24, 2.45) is 5.92 Å². The first kappa shape index (κ1) is 16.5. The van der Waals surface area contributed by atoms with Crippen LogP contribution < -0.4 is 15.6 Å². The quantitative estimate of drug-likeness (QED) is 0.919. The predicted molar refractivity (Wildman–Crippen MR) is 98.2 cm³/mol. The van der Waals surface area contributed by atoms with E-state index in [1.807, 2.05) is 53.2 Å². The van der Waals surface area contributed by atoms with E-state index in [1.54, 1.807) is 13.2 Å². The minimum Gasteiger partial charge on any atom is -0.497 e.